The maximum Gasteiger partial charge on any atom is 0.161 e. The molecule has 0 bridgehead atoms. The monoisotopic (exact) mass is 393 g/mol. The topological polar surface area (TPSA) is 38.8 Å². The Balaban J connectivity index is 1.53. The van der Waals surface area contributed by atoms with Gasteiger partial charge in [-0.2, -0.15) is 0 Å². The Labute approximate surface area is 173 Å². The lowest BCUT2D eigenvalue weighted by atomic mass is 9.81. The molecule has 0 aliphatic carbocycles. The van der Waals surface area contributed by atoms with Crippen molar-refractivity contribution in [1.29, 1.82) is 0 Å². The summed E-state index contributed by atoms with van der Waals surface area (Å²) in [7, 11) is 1.69. The predicted octanol–water partition coefficient (Wildman–Crippen LogP) is 4.95. The molecule has 2 unspecified atom stereocenters. The Kier molecular flexibility index (Phi) is 6.19. The molecule has 4 nitrogen and oxygen atoms in total. The van der Waals surface area contributed by atoms with E-state index >= 15 is 0 Å². The number of unbranched alkanes of at least 4 members (excludes halogenated alkanes) is 1. The molecule has 1 saturated heterocycles. The van der Waals surface area contributed by atoms with E-state index in [1.165, 1.54) is 11.1 Å². The van der Waals surface area contributed by atoms with Gasteiger partial charge < -0.3 is 9.47 Å². The summed E-state index contributed by atoms with van der Waals surface area (Å²) in [5, 5.41) is 0. The van der Waals surface area contributed by atoms with E-state index in [-0.39, 0.29) is 12.0 Å². The van der Waals surface area contributed by atoms with Crippen LogP contribution in [0, 0.1) is 5.92 Å². The second-order valence-electron chi connectivity index (χ2n) is 8.25. The fourth-order valence-corrected chi connectivity index (χ4v) is 4.67. The number of piperidine rings is 1. The Morgan fingerprint density at radius 3 is 2.72 bits per heavy atom. The molecular weight excluding hydrogens is 362 g/mol. The Hall–Kier alpha value is -2.33. The molecule has 0 saturated carbocycles. The molecule has 0 N–H and O–H groups in total. The summed E-state index contributed by atoms with van der Waals surface area (Å²) in [6.45, 7) is 4.62. The van der Waals surface area contributed by atoms with Gasteiger partial charge in [-0.15, -0.1) is 0 Å². The van der Waals surface area contributed by atoms with E-state index < -0.39 is 0 Å². The normalized spacial score (nSPS) is 21.4. The van der Waals surface area contributed by atoms with Gasteiger partial charge in [-0.1, -0.05) is 50.1 Å². The number of fused-ring (bicyclic) bond motifs is 3. The van der Waals surface area contributed by atoms with Crippen LogP contribution >= 0.6 is 0 Å². The van der Waals surface area contributed by atoms with Gasteiger partial charge in [-0.3, -0.25) is 9.69 Å². The summed E-state index contributed by atoms with van der Waals surface area (Å²) in [5.41, 5.74) is 3.66. The van der Waals surface area contributed by atoms with Gasteiger partial charge in [-0.25, -0.2) is 0 Å². The van der Waals surface area contributed by atoms with Gasteiger partial charge in [0.25, 0.3) is 0 Å². The van der Waals surface area contributed by atoms with E-state index in [0.717, 1.165) is 55.8 Å². The number of methoxy groups -OCH3 is 1. The van der Waals surface area contributed by atoms with E-state index in [9.17, 15) is 4.79 Å². The largest absolute Gasteiger partial charge is 0.493 e. The second kappa shape index (κ2) is 9.00. The van der Waals surface area contributed by atoms with Crippen LogP contribution in [0.3, 0.4) is 0 Å². The third kappa shape index (κ3) is 4.32. The average molecular weight is 394 g/mol. The zero-order valence-corrected chi connectivity index (χ0v) is 17.5. The van der Waals surface area contributed by atoms with Crippen molar-refractivity contribution in [1.82, 2.24) is 4.90 Å². The summed E-state index contributed by atoms with van der Waals surface area (Å²) < 4.78 is 11.7. The highest BCUT2D eigenvalue weighted by Crippen LogP contribution is 2.42. The molecule has 2 heterocycles. The standard InChI is InChI=1S/C25H31NO3/c1-3-4-10-20-16-26-12-11-19-13-25(29-17-18-8-6-5-7-9-18)24(28-2)14-21(19)22(26)15-23(20)27/h5-9,13-14,20,22H,3-4,10-12,15-17H2,1-2H3. The molecule has 2 aliphatic rings. The molecule has 2 aromatic rings. The van der Waals surface area contributed by atoms with Crippen LogP contribution in [0.25, 0.3) is 0 Å². The predicted molar refractivity (Wildman–Crippen MR) is 114 cm³/mol. The van der Waals surface area contributed by atoms with Gasteiger partial charge in [0.1, 0.15) is 12.4 Å². The zero-order valence-electron chi connectivity index (χ0n) is 17.5. The second-order valence-corrected chi connectivity index (χ2v) is 8.25. The Morgan fingerprint density at radius 1 is 1.14 bits per heavy atom. The summed E-state index contributed by atoms with van der Waals surface area (Å²) >= 11 is 0. The number of rotatable bonds is 7. The molecule has 4 rings (SSSR count). The van der Waals surface area contributed by atoms with Crippen molar-refractivity contribution in [2.45, 2.75) is 51.7 Å². The van der Waals surface area contributed by atoms with Crippen molar-refractivity contribution < 1.29 is 14.3 Å². The highest BCUT2D eigenvalue weighted by Gasteiger charge is 2.38. The molecule has 2 aliphatic heterocycles. The maximum atomic E-state index is 12.8. The molecule has 154 valence electrons. The zero-order chi connectivity index (χ0) is 20.2. The summed E-state index contributed by atoms with van der Waals surface area (Å²) in [4.78, 5) is 15.3. The van der Waals surface area contributed by atoms with Crippen molar-refractivity contribution in [2.24, 2.45) is 5.92 Å². The van der Waals surface area contributed by atoms with Gasteiger partial charge in [0.2, 0.25) is 0 Å². The molecule has 29 heavy (non-hydrogen) atoms. The van der Waals surface area contributed by atoms with Crippen LogP contribution < -0.4 is 9.47 Å². The highest BCUT2D eigenvalue weighted by molar-refractivity contribution is 5.83. The van der Waals surface area contributed by atoms with Crippen molar-refractivity contribution in [3.8, 4) is 11.5 Å². The molecule has 0 aromatic heterocycles. The van der Waals surface area contributed by atoms with Gasteiger partial charge in [-0.05, 0) is 41.7 Å². The lowest BCUT2D eigenvalue weighted by Gasteiger charge is -2.43. The highest BCUT2D eigenvalue weighted by atomic mass is 16.5. The van der Waals surface area contributed by atoms with Crippen molar-refractivity contribution >= 4 is 5.78 Å². The number of carbonyl (C=O) groups excluding carboxylic acids is 1. The number of hydrogen-bond acceptors (Lipinski definition) is 4. The van der Waals surface area contributed by atoms with Gasteiger partial charge in [0.15, 0.2) is 11.5 Å². The molecular formula is C25H31NO3. The first kappa shape index (κ1) is 20.0. The maximum absolute atomic E-state index is 12.8. The summed E-state index contributed by atoms with van der Waals surface area (Å²) in [5.74, 6) is 2.17. The number of nitrogens with zero attached hydrogens (tertiary/aromatic N) is 1. The SMILES string of the molecule is CCCCC1CN2CCc3cc(OCc4ccccc4)c(OC)cc3C2CC1=O. The van der Waals surface area contributed by atoms with Gasteiger partial charge >= 0.3 is 0 Å². The Morgan fingerprint density at radius 2 is 1.97 bits per heavy atom. The van der Waals surface area contributed by atoms with E-state index in [0.29, 0.717) is 18.8 Å². The fraction of sp³-hybridized carbons (Fsp3) is 0.480. The number of carbonyl (C=O) groups is 1. The number of hydrogen-bond donors (Lipinski definition) is 0. The first-order valence-corrected chi connectivity index (χ1v) is 10.8. The minimum atomic E-state index is 0.182. The van der Waals surface area contributed by atoms with E-state index in [1.807, 2.05) is 18.2 Å². The third-order valence-corrected chi connectivity index (χ3v) is 6.34. The number of benzene rings is 2. The smallest absolute Gasteiger partial charge is 0.161 e. The average Bonchev–Trinajstić information content (AvgIpc) is 2.76. The first-order valence-electron chi connectivity index (χ1n) is 10.8. The van der Waals surface area contributed by atoms with Crippen LogP contribution in [-0.4, -0.2) is 30.9 Å². The third-order valence-electron chi connectivity index (χ3n) is 6.34. The van der Waals surface area contributed by atoms with Gasteiger partial charge in [0.05, 0.1) is 7.11 Å². The molecule has 4 heteroatoms. The van der Waals surface area contributed by atoms with Crippen LogP contribution in [-0.2, 0) is 17.8 Å². The van der Waals surface area contributed by atoms with Crippen molar-refractivity contribution in [3.05, 3.63) is 59.2 Å². The number of ketones is 1. The lowest BCUT2D eigenvalue weighted by Crippen LogP contribution is -2.46. The minimum absolute atomic E-state index is 0.182. The van der Waals surface area contributed by atoms with Crippen LogP contribution in [0.2, 0.25) is 0 Å². The molecule has 2 aromatic carbocycles. The number of Topliss-reactive ketones (excluding diaryl/α,β-unsaturated/α-hetero) is 1. The summed E-state index contributed by atoms with van der Waals surface area (Å²) in [6.07, 6.45) is 4.93. The summed E-state index contributed by atoms with van der Waals surface area (Å²) in [6, 6.07) is 14.6. The molecule has 1 fully saturated rings. The number of ether oxygens (including phenoxy) is 2. The van der Waals surface area contributed by atoms with E-state index in [1.54, 1.807) is 7.11 Å². The molecule has 0 radical (unpaired) electrons. The fourth-order valence-electron chi connectivity index (χ4n) is 4.67. The first-order chi connectivity index (χ1) is 14.2. The molecule has 0 amide bonds. The minimum Gasteiger partial charge on any atom is -0.493 e. The molecule has 2 atom stereocenters. The van der Waals surface area contributed by atoms with E-state index in [2.05, 4.69) is 36.1 Å². The quantitative estimate of drug-likeness (QED) is 0.667. The van der Waals surface area contributed by atoms with E-state index in [4.69, 9.17) is 9.47 Å². The van der Waals surface area contributed by atoms with Crippen LogP contribution in [0.15, 0.2) is 42.5 Å². The van der Waals surface area contributed by atoms with Crippen LogP contribution in [0.1, 0.15) is 55.3 Å². The van der Waals surface area contributed by atoms with Crippen LogP contribution in [0.5, 0.6) is 11.5 Å². The lowest BCUT2D eigenvalue weighted by molar-refractivity contribution is -0.129. The van der Waals surface area contributed by atoms with Crippen molar-refractivity contribution in [2.75, 3.05) is 20.2 Å². The van der Waals surface area contributed by atoms with Crippen LogP contribution in [0.4, 0.5) is 0 Å². The Bertz CT molecular complexity index is 849. The molecule has 0 spiro atoms. The van der Waals surface area contributed by atoms with Gasteiger partial charge in [0, 0.05) is 31.5 Å². The van der Waals surface area contributed by atoms with Crippen molar-refractivity contribution in [3.63, 3.8) is 0 Å².